The van der Waals surface area contributed by atoms with Crippen molar-refractivity contribution in [2.24, 2.45) is 0 Å². The molecule has 3 nitrogen and oxygen atoms in total. The van der Waals surface area contributed by atoms with Crippen molar-refractivity contribution in [1.82, 2.24) is 5.32 Å². The Bertz CT molecular complexity index is 657. The van der Waals surface area contributed by atoms with Crippen molar-refractivity contribution < 1.29 is 0 Å². The highest BCUT2D eigenvalue weighted by Crippen LogP contribution is 2.31. The molecule has 1 aliphatic heterocycles. The van der Waals surface area contributed by atoms with E-state index < -0.39 is 0 Å². The molecule has 0 aliphatic carbocycles. The number of para-hydroxylation sites is 2. The van der Waals surface area contributed by atoms with Gasteiger partial charge in [0.1, 0.15) is 0 Å². The second-order valence-electron chi connectivity index (χ2n) is 5.98. The van der Waals surface area contributed by atoms with Crippen LogP contribution in [0.3, 0.4) is 0 Å². The summed E-state index contributed by atoms with van der Waals surface area (Å²) in [6.45, 7) is 4.23. The first-order chi connectivity index (χ1) is 11.2. The van der Waals surface area contributed by atoms with Gasteiger partial charge in [-0.3, -0.25) is 0 Å². The monoisotopic (exact) mass is 325 g/mol. The molecule has 1 aliphatic rings. The summed E-state index contributed by atoms with van der Waals surface area (Å²) >= 11 is 5.33. The number of fused-ring (bicyclic) bond motifs is 1. The molecule has 2 N–H and O–H groups in total. The van der Waals surface area contributed by atoms with Gasteiger partial charge < -0.3 is 15.5 Å². The highest BCUT2D eigenvalue weighted by atomic mass is 32.1. The maximum Gasteiger partial charge on any atom is 0.170 e. The summed E-state index contributed by atoms with van der Waals surface area (Å²) < 4.78 is 0. The third kappa shape index (κ3) is 4.02. The van der Waals surface area contributed by atoms with Gasteiger partial charge in [-0.05, 0) is 55.7 Å². The lowest BCUT2D eigenvalue weighted by molar-refractivity contribution is 0.641. The second kappa shape index (κ2) is 7.47. The summed E-state index contributed by atoms with van der Waals surface area (Å²) in [7, 11) is 0. The van der Waals surface area contributed by atoms with Gasteiger partial charge in [0.05, 0.1) is 0 Å². The maximum absolute atomic E-state index is 5.33. The largest absolute Gasteiger partial charge is 0.368 e. The number of anilines is 2. The quantitative estimate of drug-likeness (QED) is 0.646. The van der Waals surface area contributed by atoms with Gasteiger partial charge in [-0.1, -0.05) is 36.4 Å². The molecule has 1 atom stereocenters. The van der Waals surface area contributed by atoms with E-state index in [1.165, 1.54) is 11.3 Å². The lowest BCUT2D eigenvalue weighted by atomic mass is 10.1. The van der Waals surface area contributed by atoms with E-state index in [4.69, 9.17) is 12.2 Å². The molecule has 23 heavy (non-hydrogen) atoms. The minimum absolute atomic E-state index is 0.585. The van der Waals surface area contributed by atoms with Crippen molar-refractivity contribution in [2.75, 3.05) is 23.3 Å². The number of benzene rings is 2. The first kappa shape index (κ1) is 15.8. The van der Waals surface area contributed by atoms with Crippen LogP contribution in [-0.4, -0.2) is 24.2 Å². The second-order valence-corrected chi connectivity index (χ2v) is 6.38. The average Bonchev–Trinajstić information content (AvgIpc) is 2.88. The molecule has 120 valence electrons. The molecule has 3 rings (SSSR count). The minimum atomic E-state index is 0.585. The van der Waals surface area contributed by atoms with Crippen LogP contribution >= 0.6 is 12.2 Å². The molecule has 0 amide bonds. The Labute approximate surface area is 143 Å². The smallest absolute Gasteiger partial charge is 0.170 e. The molecular formula is C19H23N3S. The average molecular weight is 325 g/mol. The molecule has 2 aromatic carbocycles. The topological polar surface area (TPSA) is 27.3 Å². The molecule has 0 saturated carbocycles. The van der Waals surface area contributed by atoms with Gasteiger partial charge in [-0.2, -0.15) is 0 Å². The zero-order valence-corrected chi connectivity index (χ0v) is 14.3. The minimum Gasteiger partial charge on any atom is -0.368 e. The Hall–Kier alpha value is -2.07. The van der Waals surface area contributed by atoms with Crippen LogP contribution in [0.15, 0.2) is 54.6 Å². The van der Waals surface area contributed by atoms with E-state index in [9.17, 15) is 0 Å². The van der Waals surface area contributed by atoms with E-state index in [2.05, 4.69) is 46.7 Å². The molecule has 0 aromatic heterocycles. The van der Waals surface area contributed by atoms with Crippen LogP contribution in [0.2, 0.25) is 0 Å². The number of rotatable bonds is 5. The van der Waals surface area contributed by atoms with Gasteiger partial charge in [0.2, 0.25) is 0 Å². The van der Waals surface area contributed by atoms with Gasteiger partial charge in [-0.15, -0.1) is 0 Å². The number of hydrogen-bond donors (Lipinski definition) is 2. The molecule has 0 spiro atoms. The SMILES string of the molecule is C[C@H]1Cc2ccccc2N1CCCNC(=S)Nc1ccccc1. The molecule has 0 fully saturated rings. The van der Waals surface area contributed by atoms with Crippen LogP contribution in [0, 0.1) is 0 Å². The Kier molecular flexibility index (Phi) is 5.13. The zero-order valence-electron chi connectivity index (χ0n) is 13.5. The number of thiocarbonyl (C=S) groups is 1. The van der Waals surface area contributed by atoms with Crippen LogP contribution in [-0.2, 0) is 6.42 Å². The maximum atomic E-state index is 5.33. The molecular weight excluding hydrogens is 302 g/mol. The van der Waals surface area contributed by atoms with Crippen LogP contribution in [0.5, 0.6) is 0 Å². The highest BCUT2D eigenvalue weighted by Gasteiger charge is 2.24. The predicted molar refractivity (Wildman–Crippen MR) is 102 cm³/mol. The summed E-state index contributed by atoms with van der Waals surface area (Å²) in [5, 5.41) is 7.18. The van der Waals surface area contributed by atoms with E-state index in [1.807, 2.05) is 30.3 Å². The third-order valence-electron chi connectivity index (χ3n) is 4.24. The number of hydrogen-bond acceptors (Lipinski definition) is 2. The van der Waals surface area contributed by atoms with Crippen molar-refractivity contribution in [2.45, 2.75) is 25.8 Å². The normalized spacial score (nSPS) is 16.0. The molecule has 0 bridgehead atoms. The fourth-order valence-corrected chi connectivity index (χ4v) is 3.34. The van der Waals surface area contributed by atoms with E-state index >= 15 is 0 Å². The molecule has 0 saturated heterocycles. The van der Waals surface area contributed by atoms with E-state index in [-0.39, 0.29) is 0 Å². The molecule has 1 heterocycles. The van der Waals surface area contributed by atoms with Gasteiger partial charge in [-0.25, -0.2) is 0 Å². The van der Waals surface area contributed by atoms with Gasteiger partial charge >= 0.3 is 0 Å². The molecule has 2 aromatic rings. The third-order valence-corrected chi connectivity index (χ3v) is 4.49. The summed E-state index contributed by atoms with van der Waals surface area (Å²) in [6, 6.07) is 19.3. The number of nitrogens with one attached hydrogen (secondary N) is 2. The molecule has 4 heteroatoms. The summed E-state index contributed by atoms with van der Waals surface area (Å²) in [5.41, 5.74) is 3.88. The van der Waals surface area contributed by atoms with Crippen molar-refractivity contribution in [3.8, 4) is 0 Å². The van der Waals surface area contributed by atoms with Crippen molar-refractivity contribution >= 4 is 28.7 Å². The first-order valence-electron chi connectivity index (χ1n) is 8.18. The Balaban J connectivity index is 1.43. The fraction of sp³-hybridized carbons (Fsp3) is 0.316. The van der Waals surface area contributed by atoms with Crippen molar-refractivity contribution in [3.05, 3.63) is 60.2 Å². The van der Waals surface area contributed by atoms with Crippen LogP contribution in [0.25, 0.3) is 0 Å². The predicted octanol–water partition coefficient (Wildman–Crippen LogP) is 3.81. The van der Waals surface area contributed by atoms with Crippen LogP contribution in [0.4, 0.5) is 11.4 Å². The molecule has 0 radical (unpaired) electrons. The lowest BCUT2D eigenvalue weighted by Gasteiger charge is -2.25. The lowest BCUT2D eigenvalue weighted by Crippen LogP contribution is -2.34. The van der Waals surface area contributed by atoms with Gasteiger partial charge in [0.25, 0.3) is 0 Å². The highest BCUT2D eigenvalue weighted by molar-refractivity contribution is 7.80. The summed E-state index contributed by atoms with van der Waals surface area (Å²) in [4.78, 5) is 2.50. The van der Waals surface area contributed by atoms with Crippen LogP contribution in [0.1, 0.15) is 18.9 Å². The molecule has 0 unspecified atom stereocenters. The van der Waals surface area contributed by atoms with E-state index in [0.29, 0.717) is 11.2 Å². The Morgan fingerprint density at radius 2 is 1.87 bits per heavy atom. The van der Waals surface area contributed by atoms with Crippen molar-refractivity contribution in [1.29, 1.82) is 0 Å². The Morgan fingerprint density at radius 3 is 2.70 bits per heavy atom. The van der Waals surface area contributed by atoms with E-state index in [1.54, 1.807) is 0 Å². The summed E-state index contributed by atoms with van der Waals surface area (Å²) in [6.07, 6.45) is 2.22. The fourth-order valence-electron chi connectivity index (χ4n) is 3.12. The summed E-state index contributed by atoms with van der Waals surface area (Å²) in [5.74, 6) is 0. The zero-order chi connectivity index (χ0) is 16.1. The van der Waals surface area contributed by atoms with Crippen LogP contribution < -0.4 is 15.5 Å². The van der Waals surface area contributed by atoms with Crippen molar-refractivity contribution in [3.63, 3.8) is 0 Å². The first-order valence-corrected chi connectivity index (χ1v) is 8.59. The van der Waals surface area contributed by atoms with Gasteiger partial charge in [0.15, 0.2) is 5.11 Å². The number of nitrogens with zero attached hydrogens (tertiary/aromatic N) is 1. The standard InChI is InChI=1S/C19H23N3S/c1-15-14-16-8-5-6-11-18(16)22(15)13-7-12-20-19(23)21-17-9-3-2-4-10-17/h2-6,8-11,15H,7,12-14H2,1H3,(H2,20,21,23)/t15-/m0/s1. The van der Waals surface area contributed by atoms with Gasteiger partial charge in [0, 0.05) is 30.5 Å². The van der Waals surface area contributed by atoms with E-state index in [0.717, 1.165) is 31.6 Å². The Morgan fingerprint density at radius 1 is 1.13 bits per heavy atom.